The van der Waals surface area contributed by atoms with Crippen LogP contribution in [-0.4, -0.2) is 64.5 Å². The minimum absolute atomic E-state index is 0.115. The molecule has 0 bridgehead atoms. The molecule has 7 nitrogen and oxygen atoms in total. The van der Waals surface area contributed by atoms with Crippen molar-refractivity contribution >= 4 is 5.91 Å². The average molecular weight is 379 g/mol. The maximum Gasteiger partial charge on any atom is 0.256 e. The van der Waals surface area contributed by atoms with Crippen molar-refractivity contribution in [1.29, 1.82) is 0 Å². The fraction of sp³-hybridized carbons (Fsp3) is 0.333. The van der Waals surface area contributed by atoms with Crippen molar-refractivity contribution in [1.82, 2.24) is 24.6 Å². The number of ether oxygens (including phenoxy) is 1. The smallest absolute Gasteiger partial charge is 0.256 e. The molecule has 7 heteroatoms. The molecule has 1 amide bonds. The molecule has 1 saturated heterocycles. The zero-order valence-electron chi connectivity index (χ0n) is 16.0. The van der Waals surface area contributed by atoms with E-state index in [2.05, 4.69) is 15.3 Å². The number of benzene rings is 1. The minimum Gasteiger partial charge on any atom is -0.379 e. The summed E-state index contributed by atoms with van der Waals surface area (Å²) < 4.78 is 9.09. The highest BCUT2D eigenvalue weighted by molar-refractivity contribution is 5.97. The van der Waals surface area contributed by atoms with Gasteiger partial charge in [-0.2, -0.15) is 5.10 Å². The van der Waals surface area contributed by atoms with E-state index in [0.717, 1.165) is 44.4 Å². The molecule has 1 N–H and O–H groups in total. The van der Waals surface area contributed by atoms with E-state index in [4.69, 9.17) is 4.74 Å². The van der Waals surface area contributed by atoms with E-state index in [1.54, 1.807) is 10.9 Å². The molecule has 3 heterocycles. The molecule has 28 heavy (non-hydrogen) atoms. The first-order valence-corrected chi connectivity index (χ1v) is 9.59. The summed E-state index contributed by atoms with van der Waals surface area (Å²) in [5.74, 6) is 0.619. The van der Waals surface area contributed by atoms with Crippen LogP contribution in [0.5, 0.6) is 0 Å². The van der Waals surface area contributed by atoms with Gasteiger partial charge in [-0.3, -0.25) is 9.69 Å². The summed E-state index contributed by atoms with van der Waals surface area (Å²) in [6.45, 7) is 6.81. The van der Waals surface area contributed by atoms with E-state index in [1.165, 1.54) is 5.56 Å². The fourth-order valence-electron chi connectivity index (χ4n) is 3.35. The van der Waals surface area contributed by atoms with Gasteiger partial charge in [-0.25, -0.2) is 4.68 Å². The Kier molecular flexibility index (Phi) is 5.55. The van der Waals surface area contributed by atoms with Gasteiger partial charge in [0, 0.05) is 38.6 Å². The summed E-state index contributed by atoms with van der Waals surface area (Å²) in [6, 6.07) is 12.0. The molecular formula is C21H25N5O2. The van der Waals surface area contributed by atoms with Crippen LogP contribution in [0, 0.1) is 6.92 Å². The zero-order chi connectivity index (χ0) is 19.3. The second-order valence-corrected chi connectivity index (χ2v) is 6.93. The van der Waals surface area contributed by atoms with Gasteiger partial charge in [-0.05, 0) is 31.2 Å². The van der Waals surface area contributed by atoms with E-state index in [0.29, 0.717) is 12.1 Å². The van der Waals surface area contributed by atoms with Gasteiger partial charge in [0.15, 0.2) is 5.82 Å². The highest BCUT2D eigenvalue weighted by atomic mass is 16.5. The summed E-state index contributed by atoms with van der Waals surface area (Å²) in [5, 5.41) is 7.53. The monoisotopic (exact) mass is 379 g/mol. The fourth-order valence-corrected chi connectivity index (χ4v) is 3.35. The summed E-state index contributed by atoms with van der Waals surface area (Å²) in [5.41, 5.74) is 2.65. The zero-order valence-corrected chi connectivity index (χ0v) is 16.0. The first-order valence-electron chi connectivity index (χ1n) is 9.59. The van der Waals surface area contributed by atoms with E-state index in [-0.39, 0.29) is 5.91 Å². The summed E-state index contributed by atoms with van der Waals surface area (Å²) in [4.78, 5) is 15.2. The molecule has 0 unspecified atom stereocenters. The molecule has 0 atom stereocenters. The second-order valence-electron chi connectivity index (χ2n) is 6.93. The second kappa shape index (κ2) is 8.41. The van der Waals surface area contributed by atoms with E-state index >= 15 is 0 Å². The molecule has 1 aliphatic rings. The lowest BCUT2D eigenvalue weighted by molar-refractivity contribution is 0.0383. The molecule has 0 spiro atoms. The molecule has 0 radical (unpaired) electrons. The molecule has 3 aromatic rings. The number of aryl methyl sites for hydroxylation is 1. The lowest BCUT2D eigenvalue weighted by Crippen LogP contribution is -2.41. The van der Waals surface area contributed by atoms with Gasteiger partial charge < -0.3 is 14.6 Å². The largest absolute Gasteiger partial charge is 0.379 e. The Labute approximate surface area is 164 Å². The van der Waals surface area contributed by atoms with Crippen molar-refractivity contribution in [3.8, 4) is 11.5 Å². The number of nitrogens with zero attached hydrogens (tertiary/aromatic N) is 4. The Morgan fingerprint density at radius 2 is 1.86 bits per heavy atom. The molecule has 2 aromatic heterocycles. The van der Waals surface area contributed by atoms with Crippen molar-refractivity contribution in [2.75, 3.05) is 39.4 Å². The summed E-state index contributed by atoms with van der Waals surface area (Å²) >= 11 is 0. The first-order chi connectivity index (χ1) is 13.7. The average Bonchev–Trinajstić information content (AvgIpc) is 3.39. The SMILES string of the molecule is Cc1ccc(-n2ncc(C(=O)NCCN3CCOCC3)c2-n2cccc2)cc1. The Bertz CT molecular complexity index is 909. The van der Waals surface area contributed by atoms with Gasteiger partial charge in [-0.1, -0.05) is 17.7 Å². The number of nitrogens with one attached hydrogen (secondary N) is 1. The third-order valence-electron chi connectivity index (χ3n) is 4.93. The number of hydrogen-bond acceptors (Lipinski definition) is 4. The number of hydrogen-bond donors (Lipinski definition) is 1. The van der Waals surface area contributed by atoms with Crippen molar-refractivity contribution in [2.45, 2.75) is 6.92 Å². The van der Waals surface area contributed by atoms with Gasteiger partial charge in [0.05, 0.1) is 25.1 Å². The maximum absolute atomic E-state index is 12.9. The van der Waals surface area contributed by atoms with Crippen LogP contribution in [0.2, 0.25) is 0 Å². The van der Waals surface area contributed by atoms with Gasteiger partial charge in [-0.15, -0.1) is 0 Å². The molecule has 0 aliphatic carbocycles. The molecule has 1 aromatic carbocycles. The van der Waals surface area contributed by atoms with Gasteiger partial charge in [0.25, 0.3) is 5.91 Å². The predicted molar refractivity (Wildman–Crippen MR) is 107 cm³/mol. The van der Waals surface area contributed by atoms with E-state index < -0.39 is 0 Å². The maximum atomic E-state index is 12.9. The molecular weight excluding hydrogens is 354 g/mol. The Morgan fingerprint density at radius 3 is 2.57 bits per heavy atom. The third kappa shape index (κ3) is 4.00. The summed E-state index contributed by atoms with van der Waals surface area (Å²) in [7, 11) is 0. The van der Waals surface area contributed by atoms with Crippen molar-refractivity contribution in [2.24, 2.45) is 0 Å². The van der Waals surface area contributed by atoms with Gasteiger partial charge >= 0.3 is 0 Å². The number of carbonyl (C=O) groups is 1. The minimum atomic E-state index is -0.115. The van der Waals surface area contributed by atoms with Crippen LogP contribution in [0.25, 0.3) is 11.5 Å². The number of rotatable bonds is 6. The topological polar surface area (TPSA) is 64.3 Å². The molecule has 4 rings (SSSR count). The van der Waals surface area contributed by atoms with Crippen LogP contribution in [-0.2, 0) is 4.74 Å². The van der Waals surface area contributed by atoms with Crippen molar-refractivity contribution in [3.63, 3.8) is 0 Å². The lowest BCUT2D eigenvalue weighted by atomic mass is 10.2. The Hall–Kier alpha value is -2.90. The van der Waals surface area contributed by atoms with E-state index in [9.17, 15) is 4.79 Å². The van der Waals surface area contributed by atoms with Gasteiger partial charge in [0.2, 0.25) is 0 Å². The highest BCUT2D eigenvalue weighted by Gasteiger charge is 2.20. The Balaban J connectivity index is 1.54. The van der Waals surface area contributed by atoms with E-state index in [1.807, 2.05) is 60.3 Å². The summed E-state index contributed by atoms with van der Waals surface area (Å²) in [6.07, 6.45) is 5.48. The van der Waals surface area contributed by atoms with Crippen LogP contribution < -0.4 is 5.32 Å². The molecule has 1 aliphatic heterocycles. The standard InChI is InChI=1S/C21H25N5O2/c1-17-4-6-18(7-5-17)26-21(25-9-2-3-10-25)19(16-23-26)20(27)22-8-11-24-12-14-28-15-13-24/h2-7,9-10,16H,8,11-15H2,1H3,(H,22,27). The molecule has 146 valence electrons. The van der Waals surface area contributed by atoms with Crippen LogP contribution >= 0.6 is 0 Å². The number of morpholine rings is 1. The first kappa shape index (κ1) is 18.5. The van der Waals surface area contributed by atoms with Gasteiger partial charge in [0.1, 0.15) is 5.56 Å². The van der Waals surface area contributed by atoms with Crippen LogP contribution in [0.4, 0.5) is 0 Å². The number of amides is 1. The lowest BCUT2D eigenvalue weighted by Gasteiger charge is -2.26. The Morgan fingerprint density at radius 1 is 1.14 bits per heavy atom. The van der Waals surface area contributed by atoms with Crippen LogP contribution in [0.15, 0.2) is 55.0 Å². The quantitative estimate of drug-likeness (QED) is 0.712. The highest BCUT2D eigenvalue weighted by Crippen LogP contribution is 2.20. The third-order valence-corrected chi connectivity index (χ3v) is 4.93. The number of aromatic nitrogens is 3. The molecule has 0 saturated carbocycles. The van der Waals surface area contributed by atoms with Crippen LogP contribution in [0.1, 0.15) is 15.9 Å². The predicted octanol–water partition coefficient (Wildman–Crippen LogP) is 2.03. The normalized spacial score (nSPS) is 14.9. The van der Waals surface area contributed by atoms with Crippen molar-refractivity contribution in [3.05, 3.63) is 66.1 Å². The number of carbonyl (C=O) groups excluding carboxylic acids is 1. The van der Waals surface area contributed by atoms with Crippen LogP contribution in [0.3, 0.4) is 0 Å². The van der Waals surface area contributed by atoms with Crippen molar-refractivity contribution < 1.29 is 9.53 Å². The molecule has 1 fully saturated rings.